The minimum atomic E-state index is 0.575. The van der Waals surface area contributed by atoms with Crippen LogP contribution in [0.4, 0.5) is 0 Å². The number of para-hydroxylation sites is 1. The van der Waals surface area contributed by atoms with Crippen molar-refractivity contribution < 1.29 is 4.42 Å². The molecular weight excluding hydrogens is 791 g/mol. The van der Waals surface area contributed by atoms with E-state index in [4.69, 9.17) is 19.4 Å². The molecule has 0 aliphatic rings. The van der Waals surface area contributed by atoms with E-state index in [0.717, 1.165) is 93.9 Å². The summed E-state index contributed by atoms with van der Waals surface area (Å²) in [5, 5.41) is 4.14. The third-order valence-corrected chi connectivity index (χ3v) is 12.4. The largest absolute Gasteiger partial charge is 0.455 e. The van der Waals surface area contributed by atoms with Gasteiger partial charge in [-0.2, -0.15) is 0 Å². The smallest absolute Gasteiger partial charge is 0.164 e. The fraction of sp³-hybridized carbons (Fsp3) is 0. The van der Waals surface area contributed by atoms with Gasteiger partial charge >= 0.3 is 0 Å². The Hall–Kier alpha value is -8.73. The molecule has 2 heterocycles. The summed E-state index contributed by atoms with van der Waals surface area (Å²) in [6.07, 6.45) is 0. The van der Waals surface area contributed by atoms with E-state index in [1.807, 2.05) is 24.3 Å². The van der Waals surface area contributed by atoms with Crippen LogP contribution >= 0.6 is 0 Å². The number of rotatable bonds is 8. The maximum atomic E-state index is 6.89. The lowest BCUT2D eigenvalue weighted by Gasteiger charge is -2.13. The van der Waals surface area contributed by atoms with Crippen LogP contribution in [0.5, 0.6) is 0 Å². The quantitative estimate of drug-likeness (QED) is 0.153. The molecule has 0 fully saturated rings. The Morgan fingerprint density at radius 2 is 0.769 bits per heavy atom. The van der Waals surface area contributed by atoms with Gasteiger partial charge in [-0.25, -0.2) is 15.0 Å². The van der Waals surface area contributed by atoms with Gasteiger partial charge in [-0.05, 0) is 79.0 Å². The molecule has 0 unspecified atom stereocenters. The van der Waals surface area contributed by atoms with Gasteiger partial charge in [0, 0.05) is 33.0 Å². The van der Waals surface area contributed by atoms with E-state index < -0.39 is 0 Å². The predicted molar refractivity (Wildman–Crippen MR) is 268 cm³/mol. The molecule has 0 amide bonds. The van der Waals surface area contributed by atoms with Crippen LogP contribution in [0.2, 0.25) is 0 Å². The Labute approximate surface area is 376 Å². The normalized spacial score (nSPS) is 11.4. The van der Waals surface area contributed by atoms with Crippen molar-refractivity contribution in [2.24, 2.45) is 0 Å². The molecular formula is C61H39N3O. The zero-order valence-corrected chi connectivity index (χ0v) is 35.3. The third kappa shape index (κ3) is 7.04. The van der Waals surface area contributed by atoms with Crippen LogP contribution in [0.15, 0.2) is 241 Å². The van der Waals surface area contributed by atoms with E-state index in [0.29, 0.717) is 17.5 Å². The van der Waals surface area contributed by atoms with Crippen molar-refractivity contribution in [3.05, 3.63) is 237 Å². The highest BCUT2D eigenvalue weighted by Crippen LogP contribution is 2.43. The van der Waals surface area contributed by atoms with E-state index >= 15 is 0 Å². The molecule has 0 aliphatic heterocycles. The second kappa shape index (κ2) is 16.2. The number of hydrogen-bond donors (Lipinski definition) is 0. The van der Waals surface area contributed by atoms with Crippen LogP contribution in [0.1, 0.15) is 0 Å². The summed E-state index contributed by atoms with van der Waals surface area (Å²) in [5.74, 6) is 1.77. The first kappa shape index (κ1) is 38.0. The van der Waals surface area contributed by atoms with Gasteiger partial charge < -0.3 is 4.42 Å². The Morgan fingerprint density at radius 3 is 1.48 bits per heavy atom. The Balaban J connectivity index is 1.04. The van der Waals surface area contributed by atoms with Gasteiger partial charge in [0.1, 0.15) is 11.2 Å². The molecule has 0 N–H and O–H groups in total. The first-order chi connectivity index (χ1) is 32.2. The van der Waals surface area contributed by atoms with Crippen LogP contribution in [-0.2, 0) is 0 Å². The second-order valence-electron chi connectivity index (χ2n) is 16.3. The molecule has 4 nitrogen and oxygen atoms in total. The number of benzene rings is 10. The average molecular weight is 830 g/mol. The third-order valence-electron chi connectivity index (χ3n) is 12.4. The second-order valence-corrected chi connectivity index (χ2v) is 16.3. The molecule has 0 aliphatic carbocycles. The van der Waals surface area contributed by atoms with E-state index in [9.17, 15) is 0 Å². The molecule has 2 aromatic heterocycles. The maximum Gasteiger partial charge on any atom is 0.164 e. The first-order valence-electron chi connectivity index (χ1n) is 21.9. The van der Waals surface area contributed by atoms with Crippen LogP contribution in [-0.4, -0.2) is 15.0 Å². The van der Waals surface area contributed by atoms with Crippen LogP contribution in [0, 0.1) is 0 Å². The fourth-order valence-corrected chi connectivity index (χ4v) is 9.17. The van der Waals surface area contributed by atoms with E-state index in [1.165, 1.54) is 11.1 Å². The summed E-state index contributed by atoms with van der Waals surface area (Å²) in [7, 11) is 0. The molecule has 304 valence electrons. The zero-order chi connectivity index (χ0) is 43.1. The summed E-state index contributed by atoms with van der Waals surface area (Å²) < 4.78 is 6.89. The molecule has 12 aromatic rings. The number of hydrogen-bond acceptors (Lipinski definition) is 4. The minimum absolute atomic E-state index is 0.575. The maximum absolute atomic E-state index is 6.89. The van der Waals surface area contributed by atoms with Gasteiger partial charge in [0.15, 0.2) is 17.5 Å². The average Bonchev–Trinajstić information content (AvgIpc) is 3.78. The summed E-state index contributed by atoms with van der Waals surface area (Å²) in [6.45, 7) is 0. The monoisotopic (exact) mass is 829 g/mol. The highest BCUT2D eigenvalue weighted by atomic mass is 16.3. The van der Waals surface area contributed by atoms with Crippen molar-refractivity contribution in [3.63, 3.8) is 0 Å². The Bertz CT molecular complexity index is 3680. The van der Waals surface area contributed by atoms with Gasteiger partial charge in [0.25, 0.3) is 0 Å². The Morgan fingerprint density at radius 1 is 0.262 bits per heavy atom. The fourth-order valence-electron chi connectivity index (χ4n) is 9.17. The standard InChI is InChI=1S/C61H39N3O/c1-5-16-40(17-6-1)42-30-33-46(34-31-42)59-62-60(51-26-13-24-45-32-35-47(38-55(45)51)41-18-7-2-8-19-41)64-61(63-59)53-28-15-29-56-57(53)52-27-14-25-50(58(52)65-56)48-36-37-49(43-20-9-3-10-21-43)54(39-48)44-22-11-4-12-23-44/h1-39H. The summed E-state index contributed by atoms with van der Waals surface area (Å²) in [4.78, 5) is 15.9. The van der Waals surface area contributed by atoms with Gasteiger partial charge in [-0.3, -0.25) is 0 Å². The molecule has 0 bridgehead atoms. The Kier molecular flexibility index (Phi) is 9.46. The van der Waals surface area contributed by atoms with Crippen molar-refractivity contribution in [1.82, 2.24) is 15.0 Å². The van der Waals surface area contributed by atoms with Crippen LogP contribution in [0.3, 0.4) is 0 Å². The van der Waals surface area contributed by atoms with Gasteiger partial charge in [0.05, 0.1) is 0 Å². The molecule has 0 atom stereocenters. The topological polar surface area (TPSA) is 51.8 Å². The molecule has 12 rings (SSSR count). The highest BCUT2D eigenvalue weighted by molar-refractivity contribution is 6.15. The van der Waals surface area contributed by atoms with Crippen molar-refractivity contribution in [3.8, 4) is 89.8 Å². The molecule has 4 heteroatoms. The molecule has 0 saturated heterocycles. The van der Waals surface area contributed by atoms with E-state index in [1.54, 1.807) is 0 Å². The van der Waals surface area contributed by atoms with Crippen LogP contribution in [0.25, 0.3) is 123 Å². The van der Waals surface area contributed by atoms with Gasteiger partial charge in [-0.15, -0.1) is 0 Å². The minimum Gasteiger partial charge on any atom is -0.455 e. The van der Waals surface area contributed by atoms with Gasteiger partial charge in [-0.1, -0.05) is 218 Å². The lowest BCUT2D eigenvalue weighted by atomic mass is 9.90. The SMILES string of the molecule is c1ccc(-c2ccc(-c3nc(-c4cccc5ccc(-c6ccccc6)cc45)nc(-c4cccc5oc6c(-c7ccc(-c8ccccc8)c(-c8ccccc8)c7)cccc6c45)n3)cc2)cc1. The lowest BCUT2D eigenvalue weighted by molar-refractivity contribution is 0.670. The molecule has 0 radical (unpaired) electrons. The molecule has 0 saturated carbocycles. The van der Waals surface area contributed by atoms with E-state index in [2.05, 4.69) is 212 Å². The lowest BCUT2D eigenvalue weighted by Crippen LogP contribution is -2.01. The number of aromatic nitrogens is 3. The number of nitrogens with zero attached hydrogens (tertiary/aromatic N) is 3. The first-order valence-corrected chi connectivity index (χ1v) is 21.9. The number of fused-ring (bicyclic) bond motifs is 4. The zero-order valence-electron chi connectivity index (χ0n) is 35.3. The molecule has 10 aromatic carbocycles. The van der Waals surface area contributed by atoms with Crippen LogP contribution < -0.4 is 0 Å². The van der Waals surface area contributed by atoms with Crippen molar-refractivity contribution in [1.29, 1.82) is 0 Å². The number of furan rings is 1. The van der Waals surface area contributed by atoms with Gasteiger partial charge in [0.2, 0.25) is 0 Å². The van der Waals surface area contributed by atoms with Crippen molar-refractivity contribution in [2.75, 3.05) is 0 Å². The highest BCUT2D eigenvalue weighted by Gasteiger charge is 2.21. The molecule has 0 spiro atoms. The van der Waals surface area contributed by atoms with Crippen molar-refractivity contribution in [2.45, 2.75) is 0 Å². The summed E-state index contributed by atoms with van der Waals surface area (Å²) >= 11 is 0. The van der Waals surface area contributed by atoms with Crippen molar-refractivity contribution >= 4 is 32.7 Å². The summed E-state index contributed by atoms with van der Waals surface area (Å²) in [6, 6.07) is 82.9. The molecule has 65 heavy (non-hydrogen) atoms. The summed E-state index contributed by atoms with van der Waals surface area (Å²) in [5.41, 5.74) is 15.6. The predicted octanol–water partition coefficient (Wildman–Crippen LogP) is 16.3. The van der Waals surface area contributed by atoms with E-state index in [-0.39, 0.29) is 0 Å².